The lowest BCUT2D eigenvalue weighted by molar-refractivity contribution is 0.0805. The van der Waals surface area contributed by atoms with E-state index in [1.54, 1.807) is 0 Å². The molecule has 0 N–H and O–H groups in total. The summed E-state index contributed by atoms with van der Waals surface area (Å²) < 4.78 is 0. The fourth-order valence-electron chi connectivity index (χ4n) is 3.17. The molecule has 0 radical (unpaired) electrons. The largest absolute Gasteiger partial charge is 0.308 e. The van der Waals surface area contributed by atoms with Crippen molar-refractivity contribution < 1.29 is 0 Å². The molecule has 0 aliphatic heterocycles. The number of likely N-dealkylation sites (N-methyl/N-ethyl adjacent to an activating group) is 2. The third-order valence-corrected chi connectivity index (χ3v) is 3.88. The van der Waals surface area contributed by atoms with E-state index in [1.165, 1.54) is 19.3 Å². The molecule has 0 spiro atoms. The fourth-order valence-corrected chi connectivity index (χ4v) is 3.17. The van der Waals surface area contributed by atoms with Crippen molar-refractivity contribution in [1.29, 1.82) is 5.26 Å². The highest BCUT2D eigenvalue weighted by Gasteiger charge is 2.31. The van der Waals surface area contributed by atoms with Crippen LogP contribution in [0, 0.1) is 17.2 Å². The summed E-state index contributed by atoms with van der Waals surface area (Å²) in [4.78, 5) is 4.77. The van der Waals surface area contributed by atoms with Crippen LogP contribution in [0.5, 0.6) is 0 Å². The molecular formula is C14H27N3. The highest BCUT2D eigenvalue weighted by Crippen LogP contribution is 2.29. The minimum Gasteiger partial charge on any atom is -0.308 e. The summed E-state index contributed by atoms with van der Waals surface area (Å²) in [5, 5.41) is 9.28. The Morgan fingerprint density at radius 2 is 1.94 bits per heavy atom. The Kier molecular flexibility index (Phi) is 5.94. The van der Waals surface area contributed by atoms with Gasteiger partial charge in [-0.1, -0.05) is 19.8 Å². The van der Waals surface area contributed by atoms with Gasteiger partial charge in [-0.2, -0.15) is 5.26 Å². The topological polar surface area (TPSA) is 30.3 Å². The van der Waals surface area contributed by atoms with E-state index in [9.17, 15) is 5.26 Å². The van der Waals surface area contributed by atoms with Crippen LogP contribution in [-0.2, 0) is 0 Å². The molecule has 1 aliphatic rings. The molecule has 0 bridgehead atoms. The van der Waals surface area contributed by atoms with E-state index < -0.39 is 0 Å². The maximum absolute atomic E-state index is 9.28. The van der Waals surface area contributed by atoms with E-state index in [0.29, 0.717) is 12.1 Å². The highest BCUT2D eigenvalue weighted by atomic mass is 15.2. The smallest absolute Gasteiger partial charge is 0.0672 e. The van der Waals surface area contributed by atoms with Crippen LogP contribution in [0.3, 0.4) is 0 Å². The molecule has 1 fully saturated rings. The number of hydrogen-bond acceptors (Lipinski definition) is 3. The van der Waals surface area contributed by atoms with E-state index in [2.05, 4.69) is 43.8 Å². The Hall–Kier alpha value is -0.590. The van der Waals surface area contributed by atoms with Gasteiger partial charge in [0.15, 0.2) is 0 Å². The minimum atomic E-state index is 0.244. The second kappa shape index (κ2) is 6.98. The van der Waals surface area contributed by atoms with Crippen molar-refractivity contribution in [2.45, 2.75) is 51.6 Å². The van der Waals surface area contributed by atoms with E-state index in [4.69, 9.17) is 0 Å². The summed E-state index contributed by atoms with van der Waals surface area (Å²) in [5.74, 6) is 0.244. The van der Waals surface area contributed by atoms with Gasteiger partial charge in [0.2, 0.25) is 0 Å². The van der Waals surface area contributed by atoms with Gasteiger partial charge in [-0.3, -0.25) is 4.90 Å². The summed E-state index contributed by atoms with van der Waals surface area (Å²) in [5.41, 5.74) is 0. The quantitative estimate of drug-likeness (QED) is 0.735. The van der Waals surface area contributed by atoms with Crippen molar-refractivity contribution in [3.8, 4) is 6.07 Å². The lowest BCUT2D eigenvalue weighted by Gasteiger charge is -2.41. The maximum atomic E-state index is 9.28. The lowest BCUT2D eigenvalue weighted by Crippen LogP contribution is -2.49. The molecule has 17 heavy (non-hydrogen) atoms. The van der Waals surface area contributed by atoms with Crippen molar-refractivity contribution in [2.24, 2.45) is 5.92 Å². The van der Waals surface area contributed by atoms with Crippen LogP contribution in [0.2, 0.25) is 0 Å². The summed E-state index contributed by atoms with van der Waals surface area (Å²) in [6.07, 6.45) is 4.80. The molecule has 0 saturated heterocycles. The molecule has 1 aliphatic carbocycles. The summed E-state index contributed by atoms with van der Waals surface area (Å²) in [6.45, 7) is 6.63. The zero-order valence-electron chi connectivity index (χ0n) is 11.8. The SMILES string of the molecule is CCN(C(C)CN(C)C)C1CCCCC1C#N. The average Bonchev–Trinajstić information content (AvgIpc) is 2.29. The second-order valence-electron chi connectivity index (χ2n) is 5.53. The van der Waals surface area contributed by atoms with E-state index >= 15 is 0 Å². The van der Waals surface area contributed by atoms with Crippen molar-refractivity contribution in [3.63, 3.8) is 0 Å². The Bertz CT molecular complexity index is 257. The first kappa shape index (κ1) is 14.5. The molecule has 3 nitrogen and oxygen atoms in total. The van der Waals surface area contributed by atoms with Crippen LogP contribution in [0.25, 0.3) is 0 Å². The highest BCUT2D eigenvalue weighted by molar-refractivity contribution is 4.96. The molecule has 98 valence electrons. The molecular weight excluding hydrogens is 210 g/mol. The van der Waals surface area contributed by atoms with Gasteiger partial charge in [0.1, 0.15) is 0 Å². The third-order valence-electron chi connectivity index (χ3n) is 3.88. The van der Waals surface area contributed by atoms with E-state index in [-0.39, 0.29) is 5.92 Å². The van der Waals surface area contributed by atoms with Gasteiger partial charge >= 0.3 is 0 Å². The Balaban J connectivity index is 2.67. The molecule has 1 saturated carbocycles. The standard InChI is InChI=1S/C14H27N3/c1-5-17(12(2)11-16(3)4)14-9-7-6-8-13(14)10-15/h12-14H,5-9,11H2,1-4H3. The zero-order valence-corrected chi connectivity index (χ0v) is 11.8. The molecule has 0 aromatic rings. The summed E-state index contributed by atoms with van der Waals surface area (Å²) in [6, 6.07) is 3.54. The van der Waals surface area contributed by atoms with Gasteiger partial charge in [0.05, 0.1) is 12.0 Å². The van der Waals surface area contributed by atoms with Crippen molar-refractivity contribution in [3.05, 3.63) is 0 Å². The molecule has 0 aromatic carbocycles. The van der Waals surface area contributed by atoms with Gasteiger partial charge in [-0.25, -0.2) is 0 Å². The average molecular weight is 237 g/mol. The van der Waals surface area contributed by atoms with Crippen LogP contribution in [-0.4, -0.2) is 49.1 Å². The summed E-state index contributed by atoms with van der Waals surface area (Å²) >= 11 is 0. The molecule has 1 rings (SSSR count). The normalized spacial score (nSPS) is 27.1. The van der Waals surface area contributed by atoms with Crippen LogP contribution >= 0.6 is 0 Å². The van der Waals surface area contributed by atoms with Crippen LogP contribution in [0.15, 0.2) is 0 Å². The number of hydrogen-bond donors (Lipinski definition) is 0. The molecule has 0 amide bonds. The first-order chi connectivity index (χ1) is 8.10. The number of nitrogens with zero attached hydrogens (tertiary/aromatic N) is 3. The minimum absolute atomic E-state index is 0.244. The molecule has 3 unspecified atom stereocenters. The molecule has 0 heterocycles. The number of nitriles is 1. The van der Waals surface area contributed by atoms with Gasteiger partial charge in [-0.05, 0) is 40.4 Å². The monoisotopic (exact) mass is 237 g/mol. The molecule has 3 atom stereocenters. The fraction of sp³-hybridized carbons (Fsp3) is 0.929. The van der Waals surface area contributed by atoms with Gasteiger partial charge in [-0.15, -0.1) is 0 Å². The Morgan fingerprint density at radius 1 is 1.29 bits per heavy atom. The van der Waals surface area contributed by atoms with Crippen LogP contribution < -0.4 is 0 Å². The second-order valence-corrected chi connectivity index (χ2v) is 5.53. The first-order valence-corrected chi connectivity index (χ1v) is 6.90. The van der Waals surface area contributed by atoms with Crippen molar-refractivity contribution in [2.75, 3.05) is 27.2 Å². The Labute approximate surface area is 106 Å². The van der Waals surface area contributed by atoms with E-state index in [0.717, 1.165) is 19.5 Å². The summed E-state index contributed by atoms with van der Waals surface area (Å²) in [7, 11) is 4.24. The van der Waals surface area contributed by atoms with Crippen molar-refractivity contribution >= 4 is 0 Å². The third kappa shape index (κ3) is 3.97. The van der Waals surface area contributed by atoms with Crippen LogP contribution in [0.1, 0.15) is 39.5 Å². The van der Waals surface area contributed by atoms with Gasteiger partial charge in [0, 0.05) is 18.6 Å². The lowest BCUT2D eigenvalue weighted by atomic mass is 9.84. The molecule has 0 aromatic heterocycles. The van der Waals surface area contributed by atoms with E-state index in [1.807, 2.05) is 0 Å². The first-order valence-electron chi connectivity index (χ1n) is 6.90. The van der Waals surface area contributed by atoms with Crippen molar-refractivity contribution in [1.82, 2.24) is 9.80 Å². The Morgan fingerprint density at radius 3 is 2.47 bits per heavy atom. The number of rotatable bonds is 5. The van der Waals surface area contributed by atoms with Gasteiger partial charge < -0.3 is 4.90 Å². The van der Waals surface area contributed by atoms with Gasteiger partial charge in [0.25, 0.3) is 0 Å². The van der Waals surface area contributed by atoms with Crippen LogP contribution in [0.4, 0.5) is 0 Å². The predicted octanol–water partition coefficient (Wildman–Crippen LogP) is 2.34. The predicted molar refractivity (Wildman–Crippen MR) is 71.8 cm³/mol. The molecule has 3 heteroatoms. The maximum Gasteiger partial charge on any atom is 0.0672 e. The zero-order chi connectivity index (χ0) is 12.8.